The molecule has 0 saturated heterocycles. The van der Waals surface area contributed by atoms with Crippen LogP contribution < -0.4 is 5.32 Å². The lowest BCUT2D eigenvalue weighted by Gasteiger charge is -2.14. The number of hydrogen-bond acceptors (Lipinski definition) is 4. The van der Waals surface area contributed by atoms with Gasteiger partial charge in [0, 0.05) is 12.6 Å². The van der Waals surface area contributed by atoms with E-state index in [-0.39, 0.29) is 17.7 Å². The highest BCUT2D eigenvalue weighted by Gasteiger charge is 2.18. The zero-order chi connectivity index (χ0) is 18.1. The molecule has 3 rings (SSSR count). The largest absolute Gasteiger partial charge is 0.436 e. The molecule has 1 amide bonds. The number of nitrogens with one attached hydrogen (secondary N) is 1. The Morgan fingerprint density at radius 3 is 2.36 bits per heavy atom. The molecule has 2 aromatic heterocycles. The molecule has 0 saturated carbocycles. The number of benzene rings is 1. The monoisotopic (exact) mass is 338 g/mol. The molecule has 0 bridgehead atoms. The molecule has 25 heavy (non-hydrogen) atoms. The molecule has 0 radical (unpaired) electrons. The molecule has 3 aromatic rings. The van der Waals surface area contributed by atoms with Gasteiger partial charge in [-0.1, -0.05) is 12.1 Å². The lowest BCUT2D eigenvalue weighted by atomic mass is 10.1. The van der Waals surface area contributed by atoms with E-state index in [0.29, 0.717) is 11.6 Å². The van der Waals surface area contributed by atoms with Crippen LogP contribution >= 0.6 is 0 Å². The van der Waals surface area contributed by atoms with Crippen molar-refractivity contribution >= 4 is 5.91 Å². The summed E-state index contributed by atoms with van der Waals surface area (Å²) >= 11 is 0. The van der Waals surface area contributed by atoms with Crippen LogP contribution in [-0.2, 0) is 0 Å². The summed E-state index contributed by atoms with van der Waals surface area (Å²) in [6.07, 6.45) is 0. The Labute approximate surface area is 146 Å². The van der Waals surface area contributed by atoms with Gasteiger partial charge in [0.2, 0.25) is 5.76 Å². The number of carbonyl (C=O) groups is 1. The number of rotatable bonds is 4. The molecule has 0 spiro atoms. The first kappa shape index (κ1) is 17.0. The normalized spacial score (nSPS) is 12.2. The second-order valence-electron chi connectivity index (χ2n) is 6.27. The van der Waals surface area contributed by atoms with Crippen LogP contribution in [0, 0.1) is 27.7 Å². The van der Waals surface area contributed by atoms with Gasteiger partial charge in [0.05, 0.1) is 23.1 Å². The minimum atomic E-state index is -0.256. The van der Waals surface area contributed by atoms with Crippen LogP contribution in [0.5, 0.6) is 0 Å². The van der Waals surface area contributed by atoms with Crippen LogP contribution in [0.3, 0.4) is 0 Å². The van der Waals surface area contributed by atoms with Gasteiger partial charge >= 0.3 is 0 Å². The second-order valence-corrected chi connectivity index (χ2v) is 6.27. The predicted octanol–water partition coefficient (Wildman–Crippen LogP) is 3.58. The Bertz CT molecular complexity index is 906. The van der Waals surface area contributed by atoms with Crippen LogP contribution in [0.25, 0.3) is 5.69 Å². The van der Waals surface area contributed by atoms with Gasteiger partial charge in [-0.15, -0.1) is 0 Å². The molecule has 0 fully saturated rings. The first-order chi connectivity index (χ1) is 11.8. The fraction of sp³-hybridized carbons (Fsp3) is 0.316. The van der Waals surface area contributed by atoms with E-state index < -0.39 is 0 Å². The predicted molar refractivity (Wildman–Crippen MR) is 94.9 cm³/mol. The zero-order valence-electron chi connectivity index (χ0n) is 15.1. The Kier molecular flexibility index (Phi) is 4.44. The van der Waals surface area contributed by atoms with Crippen LogP contribution in [0.1, 0.15) is 52.1 Å². The van der Waals surface area contributed by atoms with Gasteiger partial charge in [-0.25, -0.2) is 9.67 Å². The molecule has 1 aromatic carbocycles. The second kappa shape index (κ2) is 6.55. The molecule has 0 unspecified atom stereocenters. The van der Waals surface area contributed by atoms with E-state index in [4.69, 9.17) is 4.42 Å². The van der Waals surface area contributed by atoms with Crippen LogP contribution in [0.15, 0.2) is 34.7 Å². The first-order valence-electron chi connectivity index (χ1n) is 8.23. The molecule has 0 aliphatic rings. The fourth-order valence-electron chi connectivity index (χ4n) is 2.88. The van der Waals surface area contributed by atoms with Crippen molar-refractivity contribution in [2.75, 3.05) is 0 Å². The van der Waals surface area contributed by atoms with Gasteiger partial charge in [-0.3, -0.25) is 4.79 Å². The van der Waals surface area contributed by atoms with Crippen LogP contribution in [0.2, 0.25) is 0 Å². The summed E-state index contributed by atoms with van der Waals surface area (Å²) in [6.45, 7) is 9.43. The van der Waals surface area contributed by atoms with Crippen molar-refractivity contribution in [3.05, 3.63) is 64.6 Å². The summed E-state index contributed by atoms with van der Waals surface area (Å²) in [5.41, 5.74) is 4.67. The summed E-state index contributed by atoms with van der Waals surface area (Å²) in [6, 6.07) is 9.89. The highest BCUT2D eigenvalue weighted by atomic mass is 16.4. The number of oxazole rings is 1. The molecule has 6 heteroatoms. The summed E-state index contributed by atoms with van der Waals surface area (Å²) < 4.78 is 7.28. The zero-order valence-corrected chi connectivity index (χ0v) is 15.1. The fourth-order valence-corrected chi connectivity index (χ4v) is 2.88. The van der Waals surface area contributed by atoms with Crippen molar-refractivity contribution in [3.8, 4) is 5.69 Å². The molecule has 1 atom stereocenters. The van der Waals surface area contributed by atoms with Crippen molar-refractivity contribution in [2.45, 2.75) is 40.7 Å². The molecular formula is C19H22N4O2. The summed E-state index contributed by atoms with van der Waals surface area (Å²) in [7, 11) is 0. The van der Waals surface area contributed by atoms with Gasteiger partial charge in [0.15, 0.2) is 5.89 Å². The Morgan fingerprint density at radius 2 is 1.84 bits per heavy atom. The van der Waals surface area contributed by atoms with Gasteiger partial charge < -0.3 is 9.73 Å². The maximum absolute atomic E-state index is 12.3. The smallest absolute Gasteiger partial charge is 0.289 e. The number of hydrogen-bond donors (Lipinski definition) is 1. The topological polar surface area (TPSA) is 73.0 Å². The highest BCUT2D eigenvalue weighted by Crippen LogP contribution is 2.18. The third-order valence-corrected chi connectivity index (χ3v) is 4.10. The number of nitrogens with zero attached hydrogens (tertiary/aromatic N) is 3. The maximum atomic E-state index is 12.3. The van der Waals surface area contributed by atoms with E-state index in [2.05, 4.69) is 15.4 Å². The summed E-state index contributed by atoms with van der Waals surface area (Å²) in [4.78, 5) is 16.5. The molecule has 6 nitrogen and oxygen atoms in total. The molecular weight excluding hydrogens is 316 g/mol. The van der Waals surface area contributed by atoms with Gasteiger partial charge in [0.25, 0.3) is 5.91 Å². The van der Waals surface area contributed by atoms with Crippen molar-refractivity contribution in [1.82, 2.24) is 20.1 Å². The molecule has 1 N–H and O–H groups in total. The molecule has 2 heterocycles. The molecule has 0 aliphatic carbocycles. The third-order valence-electron chi connectivity index (χ3n) is 4.10. The number of aryl methyl sites for hydroxylation is 4. The third kappa shape index (κ3) is 3.47. The van der Waals surface area contributed by atoms with Gasteiger partial charge in [0.1, 0.15) is 0 Å². The first-order valence-corrected chi connectivity index (χ1v) is 8.23. The minimum absolute atomic E-state index is 0.146. The number of carbonyl (C=O) groups excluding carboxylic acids is 1. The lowest BCUT2D eigenvalue weighted by molar-refractivity contribution is 0.0909. The number of amides is 1. The maximum Gasteiger partial charge on any atom is 0.289 e. The van der Waals surface area contributed by atoms with E-state index in [0.717, 1.165) is 22.6 Å². The van der Waals surface area contributed by atoms with E-state index >= 15 is 0 Å². The quantitative estimate of drug-likeness (QED) is 0.789. The Hall–Kier alpha value is -2.89. The van der Waals surface area contributed by atoms with Crippen molar-refractivity contribution in [2.24, 2.45) is 0 Å². The average molecular weight is 338 g/mol. The van der Waals surface area contributed by atoms with Crippen molar-refractivity contribution in [1.29, 1.82) is 0 Å². The van der Waals surface area contributed by atoms with Gasteiger partial charge in [-0.05, 0) is 51.5 Å². The lowest BCUT2D eigenvalue weighted by Crippen LogP contribution is -2.26. The number of aromatic nitrogens is 3. The average Bonchev–Trinajstić information content (AvgIpc) is 3.08. The van der Waals surface area contributed by atoms with E-state index in [9.17, 15) is 4.79 Å². The van der Waals surface area contributed by atoms with Crippen LogP contribution in [0.4, 0.5) is 0 Å². The van der Waals surface area contributed by atoms with Crippen molar-refractivity contribution < 1.29 is 9.21 Å². The Morgan fingerprint density at radius 1 is 1.16 bits per heavy atom. The highest BCUT2D eigenvalue weighted by molar-refractivity contribution is 5.92. The van der Waals surface area contributed by atoms with Gasteiger partial charge in [-0.2, -0.15) is 5.10 Å². The SMILES string of the molecule is Cc1cc(C)n(-c2ccc([C@H](C)NC(=O)c3oc(C)nc3C)cc2)n1. The summed E-state index contributed by atoms with van der Waals surface area (Å²) in [5, 5.41) is 7.43. The Balaban J connectivity index is 1.74. The molecule has 0 aliphatic heterocycles. The standard InChI is InChI=1S/C19H22N4O2/c1-11-10-12(2)23(22-11)17-8-6-16(7-9-17)13(3)21-19(24)18-14(4)20-15(5)25-18/h6-10,13H,1-5H3,(H,21,24)/t13-/m0/s1. The molecule has 130 valence electrons. The van der Waals surface area contributed by atoms with E-state index in [1.807, 2.05) is 55.8 Å². The van der Waals surface area contributed by atoms with E-state index in [1.165, 1.54) is 0 Å². The van der Waals surface area contributed by atoms with Crippen molar-refractivity contribution in [3.63, 3.8) is 0 Å². The van der Waals surface area contributed by atoms with E-state index in [1.54, 1.807) is 13.8 Å². The minimum Gasteiger partial charge on any atom is -0.436 e. The summed E-state index contributed by atoms with van der Waals surface area (Å²) in [5.74, 6) is 0.501. The van der Waals surface area contributed by atoms with Crippen LogP contribution in [-0.4, -0.2) is 20.7 Å².